The van der Waals surface area contributed by atoms with E-state index < -0.39 is 0 Å². The predicted octanol–water partition coefficient (Wildman–Crippen LogP) is 25.5. The Hall–Kier alpha value is -2.25. The van der Waals surface area contributed by atoms with Gasteiger partial charge in [-0.05, 0) is 100 Å². The first-order valence-electron chi connectivity index (χ1n) is 33.3. The number of rotatable bonds is 55. The van der Waals surface area contributed by atoms with Crippen LogP contribution in [-0.2, 0) is 29.3 Å². The third-order valence-corrected chi connectivity index (χ3v) is 15.8. The van der Waals surface area contributed by atoms with Gasteiger partial charge in [0.25, 0.3) is 0 Å². The van der Waals surface area contributed by atoms with Gasteiger partial charge in [-0.3, -0.25) is 9.98 Å². The standard InChI is InChI=1S/C72H124N2.Ni/c1-5-9-13-16-18-20-22-24-26-28-30-32-34-36-38-40-42-44-46-48-50-52-59-67-61-55-57-64-69(67)73-71(63-12-8-4)72(66-54-15-11-7-3)74-70-65-58-56-62-68(70)60-53-51-49-47-45-43-41-39-37-35-33-31-29-27-25-23-21-19-17-14-10-6-2;/h48-51,55-58,61-62,64-65H,5-47,52-54,59-60,63,66H2,1-4H3;. The number of nitrogens with zero attached hydrogens (tertiary/aromatic N) is 2. The molecule has 0 spiro atoms. The predicted molar refractivity (Wildman–Crippen MR) is 337 cm³/mol. The maximum atomic E-state index is 5.55. The first-order chi connectivity index (χ1) is 36.7. The minimum Gasteiger partial charge on any atom is -0.251 e. The van der Waals surface area contributed by atoms with Crippen molar-refractivity contribution in [3.8, 4) is 0 Å². The Morgan fingerprint density at radius 2 is 0.520 bits per heavy atom. The quantitative estimate of drug-likeness (QED) is 0.0273. The van der Waals surface area contributed by atoms with E-state index in [9.17, 15) is 0 Å². The van der Waals surface area contributed by atoms with Crippen LogP contribution in [-0.4, -0.2) is 11.4 Å². The van der Waals surface area contributed by atoms with Gasteiger partial charge in [0.05, 0.1) is 22.8 Å². The van der Waals surface area contributed by atoms with Gasteiger partial charge in [0.2, 0.25) is 0 Å². The van der Waals surface area contributed by atoms with E-state index in [4.69, 9.17) is 9.98 Å². The number of hydrogen-bond acceptors (Lipinski definition) is 2. The van der Waals surface area contributed by atoms with E-state index in [1.807, 2.05) is 0 Å². The maximum absolute atomic E-state index is 5.55. The molecule has 0 saturated heterocycles. The third kappa shape index (κ3) is 43.3. The molecule has 2 aromatic carbocycles. The van der Waals surface area contributed by atoms with E-state index in [2.05, 4.69) is 101 Å². The average Bonchev–Trinajstić information content (AvgIpc) is 3.42. The number of para-hydroxylation sites is 2. The van der Waals surface area contributed by atoms with Crippen molar-refractivity contribution in [3.63, 3.8) is 0 Å². The number of allylic oxidation sites excluding steroid dienone is 4. The van der Waals surface area contributed by atoms with Gasteiger partial charge in [-0.2, -0.15) is 0 Å². The summed E-state index contributed by atoms with van der Waals surface area (Å²) in [5.74, 6) is 0. The summed E-state index contributed by atoms with van der Waals surface area (Å²) in [4.78, 5) is 11.1. The van der Waals surface area contributed by atoms with E-state index in [0.717, 1.165) is 62.7 Å². The van der Waals surface area contributed by atoms with Gasteiger partial charge >= 0.3 is 0 Å². The van der Waals surface area contributed by atoms with Crippen molar-refractivity contribution < 1.29 is 16.5 Å². The summed E-state index contributed by atoms with van der Waals surface area (Å²) in [7, 11) is 0. The molecule has 0 unspecified atom stereocenters. The zero-order valence-corrected chi connectivity index (χ0v) is 51.5. The second kappa shape index (κ2) is 56.5. The van der Waals surface area contributed by atoms with Gasteiger partial charge in [0, 0.05) is 16.5 Å². The van der Waals surface area contributed by atoms with Crippen LogP contribution in [0.3, 0.4) is 0 Å². The molecule has 0 atom stereocenters. The van der Waals surface area contributed by atoms with Crippen molar-refractivity contribution in [2.24, 2.45) is 9.98 Å². The summed E-state index contributed by atoms with van der Waals surface area (Å²) in [5.41, 5.74) is 7.44. The van der Waals surface area contributed by atoms with Crippen LogP contribution in [0.5, 0.6) is 0 Å². The van der Waals surface area contributed by atoms with E-state index in [1.165, 1.54) is 292 Å². The van der Waals surface area contributed by atoms with E-state index in [0.29, 0.717) is 0 Å². The molecule has 75 heavy (non-hydrogen) atoms. The zero-order chi connectivity index (χ0) is 52.7. The molecule has 2 nitrogen and oxygen atoms in total. The van der Waals surface area contributed by atoms with Crippen LogP contribution >= 0.6 is 0 Å². The van der Waals surface area contributed by atoms with Crippen molar-refractivity contribution in [1.82, 2.24) is 0 Å². The molecule has 0 N–H and O–H groups in total. The number of aliphatic imine (C=N–C) groups is 2. The summed E-state index contributed by atoms with van der Waals surface area (Å²) in [6, 6.07) is 17.9. The summed E-state index contributed by atoms with van der Waals surface area (Å²) < 4.78 is 0. The van der Waals surface area contributed by atoms with E-state index in [1.54, 1.807) is 0 Å². The zero-order valence-electron chi connectivity index (χ0n) is 50.5. The molecule has 0 aliphatic heterocycles. The minimum absolute atomic E-state index is 0. The Kier molecular flexibility index (Phi) is 53.3. The molecule has 0 radical (unpaired) electrons. The third-order valence-electron chi connectivity index (χ3n) is 15.8. The Bertz CT molecular complexity index is 1620. The van der Waals surface area contributed by atoms with Crippen LogP contribution in [0.1, 0.15) is 347 Å². The van der Waals surface area contributed by atoms with Crippen LogP contribution in [0.15, 0.2) is 82.8 Å². The number of benzene rings is 2. The second-order valence-corrected chi connectivity index (χ2v) is 22.9. The largest absolute Gasteiger partial charge is 0.251 e. The minimum atomic E-state index is 0. The summed E-state index contributed by atoms with van der Waals surface area (Å²) in [6.45, 7) is 9.24. The Balaban J connectivity index is 0.0000281. The average molecular weight is 1080 g/mol. The Morgan fingerprint density at radius 1 is 0.280 bits per heavy atom. The molecule has 432 valence electrons. The first kappa shape index (κ1) is 70.8. The van der Waals surface area contributed by atoms with Crippen molar-refractivity contribution >= 4 is 22.8 Å². The fraction of sp³-hybridized carbons (Fsp3) is 0.750. The number of aryl methyl sites for hydroxylation is 2. The smallest absolute Gasteiger partial charge is 0.0665 e. The van der Waals surface area contributed by atoms with Crippen LogP contribution in [0.4, 0.5) is 11.4 Å². The van der Waals surface area contributed by atoms with Gasteiger partial charge in [0.1, 0.15) is 0 Å². The van der Waals surface area contributed by atoms with Crippen molar-refractivity contribution in [1.29, 1.82) is 0 Å². The topological polar surface area (TPSA) is 24.7 Å². The molecule has 3 heteroatoms. The number of hydrogen-bond donors (Lipinski definition) is 0. The molecule has 0 aliphatic carbocycles. The molecule has 2 aromatic rings. The summed E-state index contributed by atoms with van der Waals surface area (Å²) in [6.07, 6.45) is 77.3. The van der Waals surface area contributed by atoms with E-state index >= 15 is 0 Å². The molecule has 0 fully saturated rings. The van der Waals surface area contributed by atoms with E-state index in [-0.39, 0.29) is 16.5 Å². The molecular formula is C72H124N2Ni. The molecule has 0 saturated carbocycles. The second-order valence-electron chi connectivity index (χ2n) is 22.9. The normalized spacial score (nSPS) is 12.2. The van der Waals surface area contributed by atoms with Gasteiger partial charge in [-0.15, -0.1) is 0 Å². The van der Waals surface area contributed by atoms with Crippen molar-refractivity contribution in [3.05, 3.63) is 84.0 Å². The first-order valence-corrected chi connectivity index (χ1v) is 33.3. The Labute approximate surface area is 479 Å². The molecule has 0 bridgehead atoms. The van der Waals surface area contributed by atoms with Crippen LogP contribution in [0.25, 0.3) is 0 Å². The Morgan fingerprint density at radius 3 is 0.827 bits per heavy atom. The fourth-order valence-electron chi connectivity index (χ4n) is 10.8. The van der Waals surface area contributed by atoms with Gasteiger partial charge in [-0.25, -0.2) is 0 Å². The monoisotopic (exact) mass is 1070 g/mol. The molecule has 0 heterocycles. The molecular weight excluding hydrogens is 951 g/mol. The van der Waals surface area contributed by atoms with Crippen LogP contribution in [0, 0.1) is 0 Å². The maximum Gasteiger partial charge on any atom is 0.0665 e. The van der Waals surface area contributed by atoms with Crippen LogP contribution < -0.4 is 0 Å². The van der Waals surface area contributed by atoms with Gasteiger partial charge in [0.15, 0.2) is 0 Å². The molecule has 0 amide bonds. The fourth-order valence-corrected chi connectivity index (χ4v) is 10.8. The summed E-state index contributed by atoms with van der Waals surface area (Å²) in [5, 5.41) is 0. The number of unbranched alkanes of at least 4 members (excludes halogenated alkanes) is 40. The van der Waals surface area contributed by atoms with Crippen molar-refractivity contribution in [2.75, 3.05) is 0 Å². The molecule has 2 rings (SSSR count). The summed E-state index contributed by atoms with van der Waals surface area (Å²) >= 11 is 0. The molecule has 0 aliphatic rings. The van der Waals surface area contributed by atoms with Crippen molar-refractivity contribution in [2.45, 2.75) is 349 Å². The molecule has 0 aromatic heterocycles. The SMILES string of the molecule is CCCCCCCCCCCCCCCCCCCCC=CCCc1ccccc1N=C(CCCC)C(CCCCCC)=Nc1ccccc1CCC=CCCCCCCCCCCCCCCCCCCCC.[Ni]. The van der Waals surface area contributed by atoms with Gasteiger partial charge < -0.3 is 0 Å². The van der Waals surface area contributed by atoms with Crippen LogP contribution in [0.2, 0.25) is 0 Å². The van der Waals surface area contributed by atoms with Gasteiger partial charge in [-0.1, -0.05) is 332 Å².